The van der Waals surface area contributed by atoms with Gasteiger partial charge in [0.05, 0.1) is 6.04 Å². The second kappa shape index (κ2) is 8.95. The van der Waals surface area contributed by atoms with E-state index in [0.717, 1.165) is 19.3 Å². The molecule has 1 saturated heterocycles. The quantitative estimate of drug-likeness (QED) is 0.805. The van der Waals surface area contributed by atoms with E-state index in [1.807, 2.05) is 0 Å². The molecule has 0 bridgehead atoms. The van der Waals surface area contributed by atoms with Gasteiger partial charge in [0, 0.05) is 18.2 Å². The molecule has 2 N–H and O–H groups in total. The van der Waals surface area contributed by atoms with Crippen molar-refractivity contribution in [2.24, 2.45) is 5.92 Å². The van der Waals surface area contributed by atoms with Crippen LogP contribution in [0.2, 0.25) is 0 Å². The summed E-state index contributed by atoms with van der Waals surface area (Å²) in [6.45, 7) is -1.19. The molecule has 1 aromatic carbocycles. The van der Waals surface area contributed by atoms with Gasteiger partial charge in [0.1, 0.15) is 5.75 Å². The molecule has 2 fully saturated rings. The van der Waals surface area contributed by atoms with Gasteiger partial charge >= 0.3 is 6.18 Å². The fraction of sp³-hybridized carbons (Fsp3) is 0.611. The van der Waals surface area contributed by atoms with Crippen molar-refractivity contribution in [2.45, 2.75) is 56.9 Å². The summed E-state index contributed by atoms with van der Waals surface area (Å²) >= 11 is 0. The SMILES string of the molecule is Cl.O=C(NCc1ccccc1OCC(F)(F)F)C1CC2CCCCC2N1. The summed E-state index contributed by atoms with van der Waals surface area (Å²) in [6, 6.07) is 6.68. The van der Waals surface area contributed by atoms with E-state index in [1.54, 1.807) is 18.2 Å². The molecule has 0 spiro atoms. The number of benzene rings is 1. The van der Waals surface area contributed by atoms with Gasteiger partial charge in [0.25, 0.3) is 0 Å². The van der Waals surface area contributed by atoms with Crippen LogP contribution in [-0.4, -0.2) is 30.8 Å². The number of para-hydroxylation sites is 1. The second-order valence-electron chi connectivity index (χ2n) is 6.84. The van der Waals surface area contributed by atoms with E-state index in [4.69, 9.17) is 4.74 Å². The average Bonchev–Trinajstić information content (AvgIpc) is 3.02. The van der Waals surface area contributed by atoms with Crippen LogP contribution in [0.4, 0.5) is 13.2 Å². The Hall–Kier alpha value is -1.47. The van der Waals surface area contributed by atoms with Crippen LogP contribution in [0.15, 0.2) is 24.3 Å². The zero-order chi connectivity index (χ0) is 17.9. The number of carbonyl (C=O) groups is 1. The summed E-state index contributed by atoms with van der Waals surface area (Å²) in [7, 11) is 0. The van der Waals surface area contributed by atoms with Crippen molar-refractivity contribution in [3.05, 3.63) is 29.8 Å². The molecule has 0 radical (unpaired) electrons. The molecular formula is C18H24ClF3N2O2. The van der Waals surface area contributed by atoms with Crippen LogP contribution in [0.5, 0.6) is 5.75 Å². The van der Waals surface area contributed by atoms with Crippen LogP contribution in [0.3, 0.4) is 0 Å². The first kappa shape index (κ1) is 20.8. The Balaban J connectivity index is 0.00000243. The van der Waals surface area contributed by atoms with E-state index in [0.29, 0.717) is 17.5 Å². The average molecular weight is 393 g/mol. The summed E-state index contributed by atoms with van der Waals surface area (Å²) in [5.41, 5.74) is 0.538. The van der Waals surface area contributed by atoms with Gasteiger partial charge in [-0.1, -0.05) is 31.0 Å². The Bertz CT molecular complexity index is 598. The first-order valence-electron chi connectivity index (χ1n) is 8.73. The molecule has 1 saturated carbocycles. The molecule has 2 aliphatic rings. The van der Waals surface area contributed by atoms with Gasteiger partial charge < -0.3 is 15.4 Å². The van der Waals surface area contributed by atoms with Crippen LogP contribution in [0.1, 0.15) is 37.7 Å². The molecule has 1 aliphatic carbocycles. The zero-order valence-corrected chi connectivity index (χ0v) is 15.2. The molecule has 3 unspecified atom stereocenters. The van der Waals surface area contributed by atoms with Crippen LogP contribution in [-0.2, 0) is 11.3 Å². The second-order valence-corrected chi connectivity index (χ2v) is 6.84. The number of amides is 1. The molecule has 26 heavy (non-hydrogen) atoms. The smallest absolute Gasteiger partial charge is 0.422 e. The lowest BCUT2D eigenvalue weighted by Crippen LogP contribution is -2.42. The number of hydrogen-bond acceptors (Lipinski definition) is 3. The first-order valence-corrected chi connectivity index (χ1v) is 8.73. The van der Waals surface area contributed by atoms with Gasteiger partial charge in [0.2, 0.25) is 5.91 Å². The molecule has 146 valence electrons. The van der Waals surface area contributed by atoms with E-state index in [9.17, 15) is 18.0 Å². The predicted molar refractivity (Wildman–Crippen MR) is 94.4 cm³/mol. The Labute approximate surface area is 157 Å². The van der Waals surface area contributed by atoms with E-state index < -0.39 is 12.8 Å². The maximum Gasteiger partial charge on any atom is 0.422 e. The Morgan fingerprint density at radius 3 is 2.69 bits per heavy atom. The Morgan fingerprint density at radius 1 is 1.23 bits per heavy atom. The predicted octanol–water partition coefficient (Wildman–Crippen LogP) is 3.59. The molecule has 1 aromatic rings. The Morgan fingerprint density at radius 2 is 1.96 bits per heavy atom. The van der Waals surface area contributed by atoms with Crippen molar-refractivity contribution in [1.82, 2.24) is 10.6 Å². The van der Waals surface area contributed by atoms with Gasteiger partial charge in [-0.2, -0.15) is 13.2 Å². The number of fused-ring (bicyclic) bond motifs is 1. The molecule has 8 heteroatoms. The number of carbonyl (C=O) groups excluding carboxylic acids is 1. The monoisotopic (exact) mass is 392 g/mol. The summed E-state index contributed by atoms with van der Waals surface area (Å²) in [5, 5.41) is 6.22. The maximum atomic E-state index is 12.4. The van der Waals surface area contributed by atoms with Crippen LogP contribution >= 0.6 is 12.4 Å². The van der Waals surface area contributed by atoms with Gasteiger partial charge in [0.15, 0.2) is 6.61 Å². The van der Waals surface area contributed by atoms with Crippen LogP contribution in [0.25, 0.3) is 0 Å². The lowest BCUT2D eigenvalue weighted by Gasteiger charge is -2.24. The zero-order valence-electron chi connectivity index (χ0n) is 14.3. The van der Waals surface area contributed by atoms with E-state index in [-0.39, 0.29) is 36.7 Å². The van der Waals surface area contributed by atoms with Crippen molar-refractivity contribution in [3.8, 4) is 5.75 Å². The number of ether oxygens (including phenoxy) is 1. The van der Waals surface area contributed by atoms with Crippen molar-refractivity contribution in [2.75, 3.05) is 6.61 Å². The lowest BCUT2D eigenvalue weighted by atomic mass is 9.85. The highest BCUT2D eigenvalue weighted by atomic mass is 35.5. The number of nitrogens with one attached hydrogen (secondary N) is 2. The molecule has 1 aliphatic heterocycles. The molecule has 4 nitrogen and oxygen atoms in total. The molecule has 0 aromatic heterocycles. The van der Waals surface area contributed by atoms with Crippen LogP contribution in [0, 0.1) is 5.92 Å². The van der Waals surface area contributed by atoms with Gasteiger partial charge in [-0.15, -0.1) is 12.4 Å². The third-order valence-electron chi connectivity index (χ3n) is 5.00. The molecular weight excluding hydrogens is 369 g/mol. The fourth-order valence-electron chi connectivity index (χ4n) is 3.78. The highest BCUT2D eigenvalue weighted by molar-refractivity contribution is 5.85. The van der Waals surface area contributed by atoms with Crippen molar-refractivity contribution >= 4 is 18.3 Å². The van der Waals surface area contributed by atoms with Crippen molar-refractivity contribution in [1.29, 1.82) is 0 Å². The molecule has 3 rings (SSSR count). The summed E-state index contributed by atoms with van der Waals surface area (Å²) < 4.78 is 41.8. The first-order chi connectivity index (χ1) is 11.9. The number of alkyl halides is 3. The van der Waals surface area contributed by atoms with E-state index >= 15 is 0 Å². The molecule has 1 heterocycles. The third-order valence-corrected chi connectivity index (χ3v) is 5.00. The molecule has 1 amide bonds. The van der Waals surface area contributed by atoms with Crippen molar-refractivity contribution < 1.29 is 22.7 Å². The minimum Gasteiger partial charge on any atom is -0.484 e. The highest BCUT2D eigenvalue weighted by Gasteiger charge is 2.38. The highest BCUT2D eigenvalue weighted by Crippen LogP contribution is 2.33. The number of rotatable bonds is 5. The maximum absolute atomic E-state index is 12.4. The Kier molecular flexibility index (Phi) is 7.17. The van der Waals surface area contributed by atoms with Gasteiger partial charge in [-0.05, 0) is 31.2 Å². The number of halogens is 4. The summed E-state index contributed by atoms with van der Waals surface area (Å²) in [4.78, 5) is 12.4. The summed E-state index contributed by atoms with van der Waals surface area (Å²) in [5.74, 6) is 0.611. The normalized spacial score (nSPS) is 25.1. The number of hydrogen-bond donors (Lipinski definition) is 2. The summed E-state index contributed by atoms with van der Waals surface area (Å²) in [6.07, 6.45) is 1.15. The standard InChI is InChI=1S/C18H23F3N2O2.ClH/c19-18(20,21)11-25-16-8-4-2-6-13(16)10-22-17(24)15-9-12-5-1-3-7-14(12)23-15;/h2,4,6,8,12,14-15,23H,1,3,5,7,9-11H2,(H,22,24);1H. The van der Waals surface area contributed by atoms with E-state index in [2.05, 4.69) is 10.6 Å². The third kappa shape index (κ3) is 5.51. The minimum atomic E-state index is -4.39. The topological polar surface area (TPSA) is 50.4 Å². The minimum absolute atomic E-state index is 0. The van der Waals surface area contributed by atoms with Crippen LogP contribution < -0.4 is 15.4 Å². The lowest BCUT2D eigenvalue weighted by molar-refractivity contribution is -0.153. The van der Waals surface area contributed by atoms with E-state index in [1.165, 1.54) is 18.9 Å². The fourth-order valence-corrected chi connectivity index (χ4v) is 3.78. The largest absolute Gasteiger partial charge is 0.484 e. The van der Waals surface area contributed by atoms with Gasteiger partial charge in [-0.25, -0.2) is 0 Å². The van der Waals surface area contributed by atoms with Crippen molar-refractivity contribution in [3.63, 3.8) is 0 Å². The van der Waals surface area contributed by atoms with Gasteiger partial charge in [-0.3, -0.25) is 4.79 Å². The molecule has 3 atom stereocenters.